The highest BCUT2D eigenvalue weighted by Crippen LogP contribution is 2.19. The van der Waals surface area contributed by atoms with Crippen LogP contribution >= 0.6 is 0 Å². The molecule has 2 unspecified atom stereocenters. The highest BCUT2D eigenvalue weighted by Gasteiger charge is 2.19. The fourth-order valence-electron chi connectivity index (χ4n) is 2.76. The lowest BCUT2D eigenvalue weighted by atomic mass is 9.99. The van der Waals surface area contributed by atoms with Gasteiger partial charge in [-0.15, -0.1) is 0 Å². The molecule has 3 heteroatoms. The van der Waals surface area contributed by atoms with Gasteiger partial charge in [-0.3, -0.25) is 4.79 Å². The summed E-state index contributed by atoms with van der Waals surface area (Å²) in [6.07, 6.45) is 2.89. The molecule has 1 heterocycles. The third-order valence-electron chi connectivity index (χ3n) is 3.87. The molecule has 3 nitrogen and oxygen atoms in total. The number of aryl methyl sites for hydroxylation is 2. The number of rotatable bonds is 4. The molecule has 19 heavy (non-hydrogen) atoms. The van der Waals surface area contributed by atoms with Crippen molar-refractivity contribution in [2.75, 3.05) is 6.54 Å². The molecule has 0 bridgehead atoms. The third kappa shape index (κ3) is 3.80. The molecule has 0 spiro atoms. The van der Waals surface area contributed by atoms with Gasteiger partial charge in [0, 0.05) is 12.5 Å². The van der Waals surface area contributed by atoms with Crippen molar-refractivity contribution in [3.63, 3.8) is 0 Å². The van der Waals surface area contributed by atoms with Crippen LogP contribution in [0, 0.1) is 13.8 Å². The summed E-state index contributed by atoms with van der Waals surface area (Å²) >= 11 is 0. The van der Waals surface area contributed by atoms with E-state index in [2.05, 4.69) is 49.6 Å². The van der Waals surface area contributed by atoms with Crippen molar-refractivity contribution in [1.82, 2.24) is 10.6 Å². The first-order valence-corrected chi connectivity index (χ1v) is 7.16. The van der Waals surface area contributed by atoms with E-state index in [-0.39, 0.29) is 11.9 Å². The molecule has 1 aliphatic rings. The Morgan fingerprint density at radius 2 is 2.26 bits per heavy atom. The van der Waals surface area contributed by atoms with Crippen LogP contribution in [0.15, 0.2) is 18.2 Å². The van der Waals surface area contributed by atoms with Crippen LogP contribution in [0.25, 0.3) is 0 Å². The first kappa shape index (κ1) is 14.1. The molecular weight excluding hydrogens is 236 g/mol. The van der Waals surface area contributed by atoms with Gasteiger partial charge in [0.05, 0.1) is 6.04 Å². The summed E-state index contributed by atoms with van der Waals surface area (Å²) in [5, 5.41) is 6.47. The Bertz CT molecular complexity index is 450. The van der Waals surface area contributed by atoms with E-state index in [0.29, 0.717) is 12.5 Å². The number of amides is 1. The van der Waals surface area contributed by atoms with E-state index in [0.717, 1.165) is 13.0 Å². The van der Waals surface area contributed by atoms with E-state index in [1.807, 2.05) is 0 Å². The minimum absolute atomic E-state index is 0.0776. The maximum absolute atomic E-state index is 12.0. The van der Waals surface area contributed by atoms with Gasteiger partial charge < -0.3 is 10.6 Å². The van der Waals surface area contributed by atoms with Crippen molar-refractivity contribution in [3.05, 3.63) is 34.9 Å². The van der Waals surface area contributed by atoms with Gasteiger partial charge in [-0.1, -0.05) is 23.8 Å². The monoisotopic (exact) mass is 260 g/mol. The molecule has 2 N–H and O–H groups in total. The summed E-state index contributed by atoms with van der Waals surface area (Å²) in [7, 11) is 0. The van der Waals surface area contributed by atoms with E-state index < -0.39 is 0 Å². The Hall–Kier alpha value is -1.35. The highest BCUT2D eigenvalue weighted by molar-refractivity contribution is 5.77. The molecule has 1 aliphatic heterocycles. The van der Waals surface area contributed by atoms with Gasteiger partial charge in [-0.25, -0.2) is 0 Å². The second-order valence-corrected chi connectivity index (χ2v) is 5.65. The molecule has 0 aliphatic carbocycles. The van der Waals surface area contributed by atoms with E-state index in [4.69, 9.17) is 0 Å². The van der Waals surface area contributed by atoms with Gasteiger partial charge in [0.2, 0.25) is 5.91 Å². The van der Waals surface area contributed by atoms with E-state index in [1.165, 1.54) is 23.1 Å². The zero-order chi connectivity index (χ0) is 13.8. The number of carbonyl (C=O) groups is 1. The Balaban J connectivity index is 1.94. The minimum Gasteiger partial charge on any atom is -0.350 e. The predicted octanol–water partition coefficient (Wildman–Crippen LogP) is 2.62. The minimum atomic E-state index is 0.0776. The fourth-order valence-corrected chi connectivity index (χ4v) is 2.76. The van der Waals surface area contributed by atoms with Gasteiger partial charge in [0.15, 0.2) is 0 Å². The van der Waals surface area contributed by atoms with Gasteiger partial charge in [0.25, 0.3) is 0 Å². The SMILES string of the molecule is Cc1ccc(C)c(C(C)NC(=O)CC2CCCN2)c1. The number of carbonyl (C=O) groups excluding carboxylic acids is 1. The van der Waals surface area contributed by atoms with Crippen molar-refractivity contribution in [2.24, 2.45) is 0 Å². The second kappa shape index (κ2) is 6.20. The summed E-state index contributed by atoms with van der Waals surface area (Å²) in [6.45, 7) is 7.28. The third-order valence-corrected chi connectivity index (χ3v) is 3.87. The maximum Gasteiger partial charge on any atom is 0.222 e. The van der Waals surface area contributed by atoms with Crippen LogP contribution in [0.5, 0.6) is 0 Å². The maximum atomic E-state index is 12.0. The molecule has 0 aromatic heterocycles. The molecule has 0 saturated carbocycles. The molecule has 2 atom stereocenters. The largest absolute Gasteiger partial charge is 0.350 e. The van der Waals surface area contributed by atoms with Crippen molar-refractivity contribution >= 4 is 5.91 Å². The molecule has 1 amide bonds. The lowest BCUT2D eigenvalue weighted by molar-refractivity contribution is -0.122. The van der Waals surface area contributed by atoms with E-state index in [1.54, 1.807) is 0 Å². The summed E-state index contributed by atoms with van der Waals surface area (Å²) in [6, 6.07) is 6.83. The Morgan fingerprint density at radius 3 is 2.95 bits per heavy atom. The van der Waals surface area contributed by atoms with E-state index >= 15 is 0 Å². The van der Waals surface area contributed by atoms with Crippen molar-refractivity contribution < 1.29 is 4.79 Å². The molecular formula is C16H24N2O. The highest BCUT2D eigenvalue weighted by atomic mass is 16.1. The Kier molecular flexibility index (Phi) is 4.59. The van der Waals surface area contributed by atoms with Gasteiger partial charge >= 0.3 is 0 Å². The first-order valence-electron chi connectivity index (χ1n) is 7.16. The Labute approximate surface area is 115 Å². The smallest absolute Gasteiger partial charge is 0.222 e. The van der Waals surface area contributed by atoms with Crippen molar-refractivity contribution in [1.29, 1.82) is 0 Å². The first-order chi connectivity index (χ1) is 9.06. The topological polar surface area (TPSA) is 41.1 Å². The average Bonchev–Trinajstić information content (AvgIpc) is 2.84. The number of hydrogen-bond acceptors (Lipinski definition) is 2. The van der Waals surface area contributed by atoms with E-state index in [9.17, 15) is 4.79 Å². The lowest BCUT2D eigenvalue weighted by Gasteiger charge is -2.18. The zero-order valence-electron chi connectivity index (χ0n) is 12.1. The van der Waals surface area contributed by atoms with Crippen LogP contribution < -0.4 is 10.6 Å². The van der Waals surface area contributed by atoms with Crippen molar-refractivity contribution in [2.45, 2.75) is 52.1 Å². The van der Waals surface area contributed by atoms with Gasteiger partial charge in [0.1, 0.15) is 0 Å². The zero-order valence-corrected chi connectivity index (χ0v) is 12.1. The van der Waals surface area contributed by atoms with Crippen LogP contribution in [0.1, 0.15) is 48.9 Å². The summed E-state index contributed by atoms with van der Waals surface area (Å²) < 4.78 is 0. The van der Waals surface area contributed by atoms with Gasteiger partial charge in [-0.05, 0) is 51.3 Å². The molecule has 1 saturated heterocycles. The molecule has 1 aromatic rings. The van der Waals surface area contributed by atoms with Crippen LogP contribution in [-0.2, 0) is 4.79 Å². The van der Waals surface area contributed by atoms with Crippen molar-refractivity contribution in [3.8, 4) is 0 Å². The van der Waals surface area contributed by atoms with Crippen LogP contribution in [-0.4, -0.2) is 18.5 Å². The van der Waals surface area contributed by atoms with Crippen LogP contribution in [0.3, 0.4) is 0 Å². The summed E-state index contributed by atoms with van der Waals surface area (Å²) in [5.41, 5.74) is 3.68. The number of nitrogens with one attached hydrogen (secondary N) is 2. The molecule has 1 aromatic carbocycles. The lowest BCUT2D eigenvalue weighted by Crippen LogP contribution is -2.33. The average molecular weight is 260 g/mol. The number of hydrogen-bond donors (Lipinski definition) is 2. The quantitative estimate of drug-likeness (QED) is 0.873. The Morgan fingerprint density at radius 1 is 1.47 bits per heavy atom. The molecule has 1 fully saturated rings. The molecule has 2 rings (SSSR count). The standard InChI is InChI=1S/C16H24N2O/c1-11-6-7-12(2)15(9-11)13(3)18-16(19)10-14-5-4-8-17-14/h6-7,9,13-14,17H,4-5,8,10H2,1-3H3,(H,18,19). The summed E-state index contributed by atoms with van der Waals surface area (Å²) in [4.78, 5) is 12.0. The molecule has 0 radical (unpaired) electrons. The van der Waals surface area contributed by atoms with Gasteiger partial charge in [-0.2, -0.15) is 0 Å². The fraction of sp³-hybridized carbons (Fsp3) is 0.562. The normalized spacial score (nSPS) is 20.3. The predicted molar refractivity (Wildman–Crippen MR) is 78.1 cm³/mol. The van der Waals surface area contributed by atoms with Crippen LogP contribution in [0.2, 0.25) is 0 Å². The summed E-state index contributed by atoms with van der Waals surface area (Å²) in [5.74, 6) is 0.146. The van der Waals surface area contributed by atoms with Crippen LogP contribution in [0.4, 0.5) is 0 Å². The molecule has 104 valence electrons. The number of benzene rings is 1. The second-order valence-electron chi connectivity index (χ2n) is 5.65.